The van der Waals surface area contributed by atoms with Gasteiger partial charge in [0.25, 0.3) is 0 Å². The van der Waals surface area contributed by atoms with E-state index in [0.717, 1.165) is 6.21 Å². The molecular formula is C7H5BrFN. The largest absolute Gasteiger partial charge is 0.308 e. The maximum Gasteiger partial charge on any atom is 0.124 e. The molecule has 0 saturated heterocycles. The van der Waals surface area contributed by atoms with E-state index < -0.39 is 0 Å². The third-order valence-electron chi connectivity index (χ3n) is 1.05. The molecule has 10 heavy (non-hydrogen) atoms. The SMILES string of the molecule is N=Cc1cc(F)cc(Br)c1. The average Bonchev–Trinajstić information content (AvgIpc) is 1.85. The predicted molar refractivity (Wildman–Crippen MR) is 42.0 cm³/mol. The Bertz CT molecular complexity index is 240. The average molecular weight is 202 g/mol. The quantitative estimate of drug-likeness (QED) is 0.676. The van der Waals surface area contributed by atoms with Crippen molar-refractivity contribution in [2.75, 3.05) is 0 Å². The lowest BCUT2D eigenvalue weighted by molar-refractivity contribution is 0.626. The summed E-state index contributed by atoms with van der Waals surface area (Å²) in [6, 6.07) is 4.33. The molecule has 0 bridgehead atoms. The Morgan fingerprint density at radius 3 is 2.60 bits per heavy atom. The number of rotatable bonds is 1. The van der Waals surface area contributed by atoms with E-state index in [9.17, 15) is 4.39 Å². The van der Waals surface area contributed by atoms with Gasteiger partial charge in [-0.15, -0.1) is 0 Å². The van der Waals surface area contributed by atoms with E-state index in [1.165, 1.54) is 12.1 Å². The van der Waals surface area contributed by atoms with Crippen LogP contribution in [0.15, 0.2) is 22.7 Å². The van der Waals surface area contributed by atoms with Gasteiger partial charge in [0.05, 0.1) is 0 Å². The summed E-state index contributed by atoms with van der Waals surface area (Å²) in [6.07, 6.45) is 1.10. The van der Waals surface area contributed by atoms with Gasteiger partial charge in [0, 0.05) is 10.7 Å². The molecule has 0 aliphatic rings. The summed E-state index contributed by atoms with van der Waals surface area (Å²) in [4.78, 5) is 0. The van der Waals surface area contributed by atoms with Gasteiger partial charge in [0.2, 0.25) is 0 Å². The first-order valence-electron chi connectivity index (χ1n) is 2.69. The van der Waals surface area contributed by atoms with E-state index in [1.54, 1.807) is 6.07 Å². The van der Waals surface area contributed by atoms with Crippen molar-refractivity contribution in [2.45, 2.75) is 0 Å². The Balaban J connectivity index is 3.18. The van der Waals surface area contributed by atoms with E-state index in [2.05, 4.69) is 15.9 Å². The Hall–Kier alpha value is -0.700. The predicted octanol–water partition coefficient (Wildman–Crippen LogP) is 2.59. The topological polar surface area (TPSA) is 23.9 Å². The Kier molecular flexibility index (Phi) is 2.17. The van der Waals surface area contributed by atoms with Gasteiger partial charge >= 0.3 is 0 Å². The van der Waals surface area contributed by atoms with Crippen molar-refractivity contribution in [1.29, 1.82) is 5.41 Å². The molecule has 1 rings (SSSR count). The normalized spacial score (nSPS) is 9.40. The summed E-state index contributed by atoms with van der Waals surface area (Å²) in [5.74, 6) is -0.326. The molecule has 1 nitrogen and oxygen atoms in total. The fourth-order valence-electron chi connectivity index (χ4n) is 0.658. The van der Waals surface area contributed by atoms with Crippen molar-refractivity contribution in [1.82, 2.24) is 0 Å². The Morgan fingerprint density at radius 1 is 1.40 bits per heavy atom. The van der Waals surface area contributed by atoms with Crippen molar-refractivity contribution in [2.24, 2.45) is 0 Å². The van der Waals surface area contributed by atoms with Crippen molar-refractivity contribution in [3.05, 3.63) is 34.1 Å². The number of halogens is 2. The Morgan fingerprint density at radius 2 is 2.10 bits per heavy atom. The van der Waals surface area contributed by atoms with Crippen LogP contribution < -0.4 is 0 Å². The van der Waals surface area contributed by atoms with Gasteiger partial charge in [0.1, 0.15) is 5.82 Å². The first kappa shape index (κ1) is 7.41. The molecule has 0 amide bonds. The van der Waals surface area contributed by atoms with Gasteiger partial charge in [-0.1, -0.05) is 15.9 Å². The number of hydrogen-bond donors (Lipinski definition) is 1. The summed E-state index contributed by atoms with van der Waals surface area (Å²) >= 11 is 3.11. The van der Waals surface area contributed by atoms with Crippen LogP contribution in [0.4, 0.5) is 4.39 Å². The highest BCUT2D eigenvalue weighted by atomic mass is 79.9. The maximum atomic E-state index is 12.5. The van der Waals surface area contributed by atoms with Crippen LogP contribution in [0.2, 0.25) is 0 Å². The van der Waals surface area contributed by atoms with E-state index in [-0.39, 0.29) is 5.82 Å². The van der Waals surface area contributed by atoms with Crippen LogP contribution in [-0.4, -0.2) is 6.21 Å². The fraction of sp³-hybridized carbons (Fsp3) is 0. The standard InChI is InChI=1S/C7H5BrFN/c8-6-1-5(4-10)2-7(9)3-6/h1-4,10H. The lowest BCUT2D eigenvalue weighted by atomic mass is 10.2. The smallest absolute Gasteiger partial charge is 0.124 e. The fourth-order valence-corrected chi connectivity index (χ4v) is 1.14. The molecule has 52 valence electrons. The monoisotopic (exact) mass is 201 g/mol. The third-order valence-corrected chi connectivity index (χ3v) is 1.51. The summed E-state index contributed by atoms with van der Waals surface area (Å²) in [5.41, 5.74) is 0.562. The minimum atomic E-state index is -0.326. The highest BCUT2D eigenvalue weighted by Crippen LogP contribution is 2.13. The summed E-state index contributed by atoms with van der Waals surface area (Å²) in [7, 11) is 0. The number of benzene rings is 1. The Labute approximate surface area is 66.5 Å². The second-order valence-electron chi connectivity index (χ2n) is 1.85. The molecule has 0 radical (unpaired) electrons. The molecule has 0 spiro atoms. The molecule has 0 aliphatic heterocycles. The van der Waals surface area contributed by atoms with Gasteiger partial charge in [0.15, 0.2) is 0 Å². The van der Waals surface area contributed by atoms with E-state index >= 15 is 0 Å². The zero-order valence-electron chi connectivity index (χ0n) is 5.07. The van der Waals surface area contributed by atoms with Crippen molar-refractivity contribution < 1.29 is 4.39 Å². The van der Waals surface area contributed by atoms with E-state index in [4.69, 9.17) is 5.41 Å². The minimum Gasteiger partial charge on any atom is -0.308 e. The molecular weight excluding hydrogens is 197 g/mol. The molecule has 1 aromatic rings. The summed E-state index contributed by atoms with van der Waals surface area (Å²) < 4.78 is 13.1. The molecule has 1 N–H and O–H groups in total. The van der Waals surface area contributed by atoms with E-state index in [0.29, 0.717) is 10.0 Å². The van der Waals surface area contributed by atoms with Gasteiger partial charge in [-0.05, 0) is 23.8 Å². The minimum absolute atomic E-state index is 0.326. The number of hydrogen-bond acceptors (Lipinski definition) is 1. The zero-order valence-corrected chi connectivity index (χ0v) is 6.65. The van der Waals surface area contributed by atoms with Crippen molar-refractivity contribution >= 4 is 22.1 Å². The second kappa shape index (κ2) is 2.92. The second-order valence-corrected chi connectivity index (χ2v) is 2.76. The zero-order chi connectivity index (χ0) is 7.56. The molecule has 0 unspecified atom stereocenters. The highest BCUT2D eigenvalue weighted by Gasteiger charge is 1.94. The van der Waals surface area contributed by atoms with Gasteiger partial charge in [-0.25, -0.2) is 4.39 Å². The van der Waals surface area contributed by atoms with Crippen molar-refractivity contribution in [3.8, 4) is 0 Å². The van der Waals surface area contributed by atoms with Gasteiger partial charge in [-0.3, -0.25) is 0 Å². The third kappa shape index (κ3) is 1.64. The van der Waals surface area contributed by atoms with Crippen LogP contribution in [0.3, 0.4) is 0 Å². The summed E-state index contributed by atoms with van der Waals surface area (Å²) in [6.45, 7) is 0. The van der Waals surface area contributed by atoms with Crippen LogP contribution >= 0.6 is 15.9 Å². The molecule has 3 heteroatoms. The summed E-state index contributed by atoms with van der Waals surface area (Å²) in [5, 5.41) is 6.82. The van der Waals surface area contributed by atoms with Crippen LogP contribution in [0, 0.1) is 11.2 Å². The lowest BCUT2D eigenvalue weighted by Gasteiger charge is -1.93. The van der Waals surface area contributed by atoms with E-state index in [1.807, 2.05) is 0 Å². The van der Waals surface area contributed by atoms with Crippen LogP contribution in [0.5, 0.6) is 0 Å². The molecule has 0 atom stereocenters. The molecule has 1 aromatic carbocycles. The maximum absolute atomic E-state index is 12.5. The number of nitrogens with one attached hydrogen (secondary N) is 1. The van der Waals surface area contributed by atoms with Crippen LogP contribution in [0.1, 0.15) is 5.56 Å². The van der Waals surface area contributed by atoms with Gasteiger partial charge in [-0.2, -0.15) is 0 Å². The molecule has 0 heterocycles. The molecule has 0 aliphatic carbocycles. The highest BCUT2D eigenvalue weighted by molar-refractivity contribution is 9.10. The van der Waals surface area contributed by atoms with Crippen molar-refractivity contribution in [3.63, 3.8) is 0 Å². The van der Waals surface area contributed by atoms with Crippen LogP contribution in [0.25, 0.3) is 0 Å². The lowest BCUT2D eigenvalue weighted by Crippen LogP contribution is -1.81. The molecule has 0 aromatic heterocycles. The molecule has 0 saturated carbocycles. The molecule has 0 fully saturated rings. The van der Waals surface area contributed by atoms with Gasteiger partial charge < -0.3 is 5.41 Å². The first-order valence-corrected chi connectivity index (χ1v) is 3.48. The van der Waals surface area contributed by atoms with Crippen LogP contribution in [-0.2, 0) is 0 Å². The first-order chi connectivity index (χ1) is 4.72.